The zero-order valence-electron chi connectivity index (χ0n) is 22.5. The van der Waals surface area contributed by atoms with Crippen LogP contribution in [-0.2, 0) is 25.7 Å². The summed E-state index contributed by atoms with van der Waals surface area (Å²) in [4.78, 5) is 43.4. The Morgan fingerprint density at radius 1 is 1.08 bits per heavy atom. The minimum Gasteiger partial charge on any atom is -0.394 e. The fourth-order valence-electron chi connectivity index (χ4n) is 6.97. The molecule has 202 valence electrons. The Morgan fingerprint density at radius 3 is 2.39 bits per heavy atom. The predicted molar refractivity (Wildman–Crippen MR) is 143 cm³/mol. The number of aryl methyl sites for hydroxylation is 2. The Morgan fingerprint density at radius 2 is 1.76 bits per heavy atom. The lowest BCUT2D eigenvalue weighted by Gasteiger charge is -2.36. The van der Waals surface area contributed by atoms with E-state index in [9.17, 15) is 19.5 Å². The van der Waals surface area contributed by atoms with Crippen LogP contribution in [0.25, 0.3) is 0 Å². The molecule has 2 unspecified atom stereocenters. The van der Waals surface area contributed by atoms with Crippen LogP contribution in [0, 0.1) is 25.7 Å². The zero-order valence-corrected chi connectivity index (χ0v) is 22.5. The second-order valence-corrected chi connectivity index (χ2v) is 11.2. The Bertz CT molecular complexity index is 1230. The summed E-state index contributed by atoms with van der Waals surface area (Å²) in [6.07, 6.45) is 1.53. The lowest BCUT2D eigenvalue weighted by atomic mass is 9.66. The number of aliphatic hydroxyl groups excluding tert-OH is 1. The van der Waals surface area contributed by atoms with Crippen molar-refractivity contribution in [2.75, 3.05) is 11.9 Å². The average Bonchev–Trinajstić information content (AvgIpc) is 3.47. The van der Waals surface area contributed by atoms with Crippen molar-refractivity contribution in [2.45, 2.75) is 76.8 Å². The fraction of sp³-hybridized carbons (Fsp3) is 0.500. The molecule has 2 bridgehead atoms. The molecule has 3 amide bonds. The Balaban J connectivity index is 1.51. The average molecular weight is 520 g/mol. The number of carbonyl (C=O) groups excluding carboxylic acids is 3. The summed E-state index contributed by atoms with van der Waals surface area (Å²) in [6.45, 7) is 7.68. The first-order valence-corrected chi connectivity index (χ1v) is 13.5. The third-order valence-electron chi connectivity index (χ3n) is 8.86. The molecule has 3 saturated heterocycles. The number of nitrogens with one attached hydrogen (secondary N) is 2. The van der Waals surface area contributed by atoms with Gasteiger partial charge in [-0.25, -0.2) is 0 Å². The van der Waals surface area contributed by atoms with E-state index < -0.39 is 35.1 Å². The largest absolute Gasteiger partial charge is 0.394 e. The van der Waals surface area contributed by atoms with Gasteiger partial charge in [0, 0.05) is 12.2 Å². The molecule has 8 nitrogen and oxygen atoms in total. The van der Waals surface area contributed by atoms with Gasteiger partial charge in [0.25, 0.3) is 0 Å². The third kappa shape index (κ3) is 4.01. The smallest absolute Gasteiger partial charge is 0.250 e. The lowest BCUT2D eigenvalue weighted by molar-refractivity contribution is -0.148. The number of carbonyl (C=O) groups is 3. The van der Waals surface area contributed by atoms with Gasteiger partial charge in [-0.2, -0.15) is 0 Å². The molecule has 0 saturated carbocycles. The van der Waals surface area contributed by atoms with E-state index >= 15 is 0 Å². The van der Waals surface area contributed by atoms with Crippen molar-refractivity contribution in [3.05, 3.63) is 65.2 Å². The van der Waals surface area contributed by atoms with E-state index in [1.165, 1.54) is 4.90 Å². The van der Waals surface area contributed by atoms with Gasteiger partial charge in [0.2, 0.25) is 17.7 Å². The minimum absolute atomic E-state index is 0.246. The maximum Gasteiger partial charge on any atom is 0.250 e. The van der Waals surface area contributed by atoms with Gasteiger partial charge in [0.1, 0.15) is 11.6 Å². The normalized spacial score (nSPS) is 30.3. The van der Waals surface area contributed by atoms with E-state index in [-0.39, 0.29) is 24.3 Å². The van der Waals surface area contributed by atoms with Gasteiger partial charge in [-0.1, -0.05) is 55.5 Å². The summed E-state index contributed by atoms with van der Waals surface area (Å²) in [5.41, 5.74) is 1.51. The second kappa shape index (κ2) is 9.82. The number of ether oxygens (including phenoxy) is 1. The number of hydrogen-bond acceptors (Lipinski definition) is 5. The summed E-state index contributed by atoms with van der Waals surface area (Å²) < 4.78 is 6.66. The SMILES string of the molecule is CC[C@@H](CO)N1C(=O)[C@@H]2[C@@H](C(=O)NCc3ccccc3)[C@@]3(C)CCC2(O3)C1C(=O)Nc1c(C)cccc1C. The van der Waals surface area contributed by atoms with Crippen LogP contribution in [0.4, 0.5) is 5.69 Å². The molecular formula is C30H37N3O5. The zero-order chi connectivity index (χ0) is 27.2. The first kappa shape index (κ1) is 26.4. The number of anilines is 1. The number of nitrogens with zero attached hydrogens (tertiary/aromatic N) is 1. The summed E-state index contributed by atoms with van der Waals surface area (Å²) in [5.74, 6) is -2.42. The minimum atomic E-state index is -1.14. The molecule has 0 radical (unpaired) electrons. The topological polar surface area (TPSA) is 108 Å². The Kier molecular flexibility index (Phi) is 6.82. The first-order valence-electron chi connectivity index (χ1n) is 13.5. The Labute approximate surface area is 223 Å². The molecule has 3 heterocycles. The molecule has 2 aromatic rings. The van der Waals surface area contributed by atoms with Gasteiger partial charge in [-0.15, -0.1) is 0 Å². The fourth-order valence-corrected chi connectivity index (χ4v) is 6.97. The quantitative estimate of drug-likeness (QED) is 0.497. The maximum absolute atomic E-state index is 14.1. The van der Waals surface area contributed by atoms with E-state index in [1.807, 2.05) is 76.2 Å². The molecule has 3 fully saturated rings. The van der Waals surface area contributed by atoms with E-state index in [0.717, 1.165) is 16.7 Å². The van der Waals surface area contributed by atoms with Gasteiger partial charge < -0.3 is 25.4 Å². The van der Waals surface area contributed by atoms with Gasteiger partial charge in [0.15, 0.2) is 0 Å². The van der Waals surface area contributed by atoms with Crippen LogP contribution in [-0.4, -0.2) is 57.6 Å². The van der Waals surface area contributed by atoms with Crippen molar-refractivity contribution < 1.29 is 24.2 Å². The summed E-state index contributed by atoms with van der Waals surface area (Å²) in [6, 6.07) is 13.9. The van der Waals surface area contributed by atoms with Crippen molar-refractivity contribution >= 4 is 23.4 Å². The molecule has 2 aromatic carbocycles. The highest BCUT2D eigenvalue weighted by Gasteiger charge is 2.78. The van der Waals surface area contributed by atoms with E-state index in [0.29, 0.717) is 31.5 Å². The number of fused-ring (bicyclic) bond motifs is 1. The lowest BCUT2D eigenvalue weighted by Crippen LogP contribution is -2.56. The van der Waals surface area contributed by atoms with Crippen LogP contribution in [0.1, 0.15) is 49.8 Å². The molecule has 1 spiro atoms. The standard InChI is InChI=1S/C30H37N3O5/c1-5-21(17-34)33-25(27(36)32-24-18(2)10-9-11-19(24)3)30-15-14-29(4,38-30)22(23(30)28(33)37)26(35)31-16-20-12-7-6-8-13-20/h6-13,21-23,25,34H,5,14-17H2,1-4H3,(H,31,35)(H,32,36)/t21-,22-,23-,25?,29+,30?/m0/s1. The highest BCUT2D eigenvalue weighted by Crippen LogP contribution is 2.63. The number of para-hydroxylation sites is 1. The highest BCUT2D eigenvalue weighted by atomic mass is 16.5. The molecule has 3 N–H and O–H groups in total. The van der Waals surface area contributed by atoms with E-state index in [2.05, 4.69) is 10.6 Å². The van der Waals surface area contributed by atoms with E-state index in [1.54, 1.807) is 0 Å². The molecule has 0 aromatic heterocycles. The molecule has 8 heteroatoms. The van der Waals surface area contributed by atoms with Gasteiger partial charge >= 0.3 is 0 Å². The highest BCUT2D eigenvalue weighted by molar-refractivity contribution is 6.04. The summed E-state index contributed by atoms with van der Waals surface area (Å²) in [5, 5.41) is 16.3. The van der Waals surface area contributed by atoms with Crippen molar-refractivity contribution in [3.63, 3.8) is 0 Å². The maximum atomic E-state index is 14.1. The Hall–Kier alpha value is -3.23. The van der Waals surface area contributed by atoms with Crippen LogP contribution in [0.2, 0.25) is 0 Å². The molecule has 38 heavy (non-hydrogen) atoms. The van der Waals surface area contributed by atoms with Crippen molar-refractivity contribution in [2.24, 2.45) is 11.8 Å². The van der Waals surface area contributed by atoms with Crippen LogP contribution >= 0.6 is 0 Å². The molecule has 6 atom stereocenters. The van der Waals surface area contributed by atoms with Crippen LogP contribution in [0.5, 0.6) is 0 Å². The van der Waals surface area contributed by atoms with Gasteiger partial charge in [-0.3, -0.25) is 14.4 Å². The number of likely N-dealkylation sites (tertiary alicyclic amines) is 1. The monoisotopic (exact) mass is 519 g/mol. The first-order chi connectivity index (χ1) is 18.2. The van der Waals surface area contributed by atoms with E-state index in [4.69, 9.17) is 4.74 Å². The number of hydrogen-bond donors (Lipinski definition) is 3. The predicted octanol–water partition coefficient (Wildman–Crippen LogP) is 3.09. The second-order valence-electron chi connectivity index (χ2n) is 11.2. The molecule has 3 aliphatic rings. The number of amides is 3. The number of benzene rings is 2. The number of rotatable bonds is 8. The van der Waals surface area contributed by atoms with Crippen molar-refractivity contribution in [1.29, 1.82) is 0 Å². The van der Waals surface area contributed by atoms with Crippen molar-refractivity contribution in [1.82, 2.24) is 10.2 Å². The summed E-state index contributed by atoms with van der Waals surface area (Å²) in [7, 11) is 0. The molecular weight excluding hydrogens is 482 g/mol. The van der Waals surface area contributed by atoms with Crippen molar-refractivity contribution in [3.8, 4) is 0 Å². The van der Waals surface area contributed by atoms with Crippen LogP contribution in [0.3, 0.4) is 0 Å². The molecule has 0 aliphatic carbocycles. The molecule has 5 rings (SSSR count). The van der Waals surface area contributed by atoms with Gasteiger partial charge in [-0.05, 0) is 56.7 Å². The number of aliphatic hydroxyl groups is 1. The van der Waals surface area contributed by atoms with Gasteiger partial charge in [0.05, 0.1) is 30.1 Å². The molecule has 3 aliphatic heterocycles. The summed E-state index contributed by atoms with van der Waals surface area (Å²) >= 11 is 0. The van der Waals surface area contributed by atoms with Crippen LogP contribution in [0.15, 0.2) is 48.5 Å². The van der Waals surface area contributed by atoms with Crippen LogP contribution < -0.4 is 10.6 Å². The third-order valence-corrected chi connectivity index (χ3v) is 8.86.